The van der Waals surface area contributed by atoms with Crippen LogP contribution in [0.15, 0.2) is 212 Å². The first-order chi connectivity index (χ1) is 30.5. The van der Waals surface area contributed by atoms with Crippen molar-refractivity contribution in [3.05, 3.63) is 223 Å². The molecule has 0 spiro atoms. The van der Waals surface area contributed by atoms with Crippen LogP contribution in [0.25, 0.3) is 109 Å². The van der Waals surface area contributed by atoms with Crippen molar-refractivity contribution in [1.29, 1.82) is 0 Å². The molecule has 0 amide bonds. The minimum absolute atomic E-state index is 0.145. The molecule has 0 atom stereocenters. The van der Waals surface area contributed by atoms with Gasteiger partial charge in [-0.1, -0.05) is 196 Å². The van der Waals surface area contributed by atoms with Gasteiger partial charge < -0.3 is 0 Å². The second-order valence-electron chi connectivity index (χ2n) is 17.1. The Morgan fingerprint density at radius 2 is 0.806 bits per heavy atom. The maximum Gasteiger partial charge on any atom is 0.124 e. The second-order valence-corrected chi connectivity index (χ2v) is 18.1. The summed E-state index contributed by atoms with van der Waals surface area (Å²) in [6.07, 6.45) is 0. The molecule has 0 radical (unpaired) electrons. The zero-order chi connectivity index (χ0) is 41.4. The summed E-state index contributed by atoms with van der Waals surface area (Å²) in [5, 5.41) is 6.08. The summed E-state index contributed by atoms with van der Waals surface area (Å²) in [5.74, 6) is 0. The van der Waals surface area contributed by atoms with E-state index in [1.165, 1.54) is 104 Å². The summed E-state index contributed by atoms with van der Waals surface area (Å²) in [5.41, 5.74) is 19.7. The lowest BCUT2D eigenvalue weighted by Gasteiger charge is -2.24. The van der Waals surface area contributed by atoms with E-state index in [0.29, 0.717) is 0 Å². The highest BCUT2D eigenvalue weighted by atomic mass is 32.1. The van der Waals surface area contributed by atoms with Gasteiger partial charge in [0.2, 0.25) is 0 Å². The van der Waals surface area contributed by atoms with Crippen LogP contribution in [0, 0.1) is 0 Å². The topological polar surface area (TPSA) is 12.9 Å². The molecule has 292 valence electrons. The van der Waals surface area contributed by atoms with Crippen LogP contribution in [0.3, 0.4) is 0 Å². The largest absolute Gasteiger partial charge is 0.236 e. The van der Waals surface area contributed by atoms with E-state index < -0.39 is 0 Å². The summed E-state index contributed by atoms with van der Waals surface area (Å²) in [6, 6.07) is 78.3. The Hall–Kier alpha value is -7.39. The van der Waals surface area contributed by atoms with Crippen LogP contribution in [0.2, 0.25) is 0 Å². The average Bonchev–Trinajstić information content (AvgIpc) is 3.87. The first-order valence-electron chi connectivity index (χ1n) is 21.4. The molecule has 1 heterocycles. The summed E-state index contributed by atoms with van der Waals surface area (Å²) >= 11 is 1.75. The van der Waals surface area contributed by atoms with Crippen LogP contribution in [0.4, 0.5) is 0 Å². The number of thiazole rings is 1. The van der Waals surface area contributed by atoms with Crippen molar-refractivity contribution in [2.24, 2.45) is 0 Å². The molecule has 0 fully saturated rings. The molecule has 0 saturated carbocycles. The predicted molar refractivity (Wildman–Crippen MR) is 265 cm³/mol. The average molecular weight is 808 g/mol. The van der Waals surface area contributed by atoms with Crippen molar-refractivity contribution in [1.82, 2.24) is 4.98 Å². The molecule has 2 heteroatoms. The Kier molecular flexibility index (Phi) is 8.45. The van der Waals surface area contributed by atoms with Gasteiger partial charge in [0, 0.05) is 11.0 Å². The fraction of sp³-hybridized carbons (Fsp3) is 0.0500. The maximum atomic E-state index is 4.95. The van der Waals surface area contributed by atoms with Crippen LogP contribution in [-0.4, -0.2) is 4.98 Å². The van der Waals surface area contributed by atoms with Crippen LogP contribution in [0.1, 0.15) is 25.0 Å². The molecular formula is C60H41NS. The molecule has 0 aliphatic heterocycles. The van der Waals surface area contributed by atoms with Crippen molar-refractivity contribution >= 4 is 43.1 Å². The van der Waals surface area contributed by atoms with E-state index in [1.54, 1.807) is 11.3 Å². The van der Waals surface area contributed by atoms with Gasteiger partial charge in [-0.05, 0) is 130 Å². The van der Waals surface area contributed by atoms with E-state index >= 15 is 0 Å². The summed E-state index contributed by atoms with van der Waals surface area (Å²) in [7, 11) is 0. The van der Waals surface area contributed by atoms with Crippen molar-refractivity contribution in [2.45, 2.75) is 19.3 Å². The Morgan fingerprint density at radius 3 is 1.45 bits per heavy atom. The van der Waals surface area contributed by atoms with Gasteiger partial charge in [-0.25, -0.2) is 4.98 Å². The molecule has 10 aromatic carbocycles. The number of para-hydroxylation sites is 1. The summed E-state index contributed by atoms with van der Waals surface area (Å²) in [4.78, 5) is 4.95. The molecule has 12 rings (SSSR count). The highest BCUT2D eigenvalue weighted by molar-refractivity contribution is 7.21. The molecule has 0 saturated heterocycles. The monoisotopic (exact) mass is 807 g/mol. The number of benzene rings is 10. The lowest BCUT2D eigenvalue weighted by atomic mass is 9.79. The first-order valence-corrected chi connectivity index (χ1v) is 22.3. The molecule has 0 bridgehead atoms. The molecule has 1 nitrogen and oxygen atoms in total. The lowest BCUT2D eigenvalue weighted by Crippen LogP contribution is -2.14. The van der Waals surface area contributed by atoms with Crippen molar-refractivity contribution in [3.63, 3.8) is 0 Å². The normalized spacial score (nSPS) is 12.8. The molecule has 0 N–H and O–H groups in total. The predicted octanol–water partition coefficient (Wildman–Crippen LogP) is 16.9. The third-order valence-electron chi connectivity index (χ3n) is 13.1. The fourth-order valence-electron chi connectivity index (χ4n) is 9.94. The zero-order valence-corrected chi connectivity index (χ0v) is 35.4. The zero-order valence-electron chi connectivity index (χ0n) is 34.6. The van der Waals surface area contributed by atoms with E-state index in [9.17, 15) is 0 Å². The van der Waals surface area contributed by atoms with Crippen LogP contribution in [0.5, 0.6) is 0 Å². The Morgan fingerprint density at radius 1 is 0.339 bits per heavy atom. The summed E-state index contributed by atoms with van der Waals surface area (Å²) in [6.45, 7) is 4.77. The van der Waals surface area contributed by atoms with E-state index in [2.05, 4.69) is 226 Å². The van der Waals surface area contributed by atoms with Gasteiger partial charge in [0.1, 0.15) is 5.01 Å². The first kappa shape index (κ1) is 36.5. The quantitative estimate of drug-likeness (QED) is 0.153. The van der Waals surface area contributed by atoms with Gasteiger partial charge in [0.05, 0.1) is 10.2 Å². The fourth-order valence-corrected chi connectivity index (χ4v) is 10.9. The number of nitrogens with zero attached hydrogens (tertiary/aromatic N) is 1. The SMILES string of the molecule is CC1(C)c2ccccc2-c2cc3c(-c4ccc(-c5ccccc5)cc4)c4ccc(-c5ccc(-c6nc7ccccc7s6)cc5)cc4c(-c4ccc(-c5ccccc5)cc4)c3cc21. The van der Waals surface area contributed by atoms with Crippen LogP contribution < -0.4 is 0 Å². The standard InChI is InChI=1S/C60H41NS/c1-60(2)53-18-10-9-17-47(53)49-36-51-52(37-54(49)60)58(44-29-23-41(24-30-44)39-15-7-4-8-16-39)50-35-46(42-25-31-45(32-26-42)59-61-55-19-11-12-20-56(55)62-59)33-34-48(50)57(51)43-27-21-40(22-28-43)38-13-5-3-6-14-38/h3-37H,1-2H3. The van der Waals surface area contributed by atoms with Gasteiger partial charge >= 0.3 is 0 Å². The van der Waals surface area contributed by atoms with Crippen LogP contribution in [-0.2, 0) is 5.41 Å². The minimum Gasteiger partial charge on any atom is -0.236 e. The molecule has 11 aromatic rings. The Bertz CT molecular complexity index is 3450. The highest BCUT2D eigenvalue weighted by Crippen LogP contribution is 2.53. The number of hydrogen-bond donors (Lipinski definition) is 0. The number of aromatic nitrogens is 1. The van der Waals surface area contributed by atoms with Crippen molar-refractivity contribution in [2.75, 3.05) is 0 Å². The third-order valence-corrected chi connectivity index (χ3v) is 14.2. The molecule has 1 aliphatic rings. The molecule has 1 aromatic heterocycles. The molecule has 1 aliphatic carbocycles. The van der Waals surface area contributed by atoms with E-state index in [-0.39, 0.29) is 5.41 Å². The van der Waals surface area contributed by atoms with E-state index in [4.69, 9.17) is 4.98 Å². The smallest absolute Gasteiger partial charge is 0.124 e. The number of hydrogen-bond acceptors (Lipinski definition) is 2. The van der Waals surface area contributed by atoms with Crippen LogP contribution >= 0.6 is 11.3 Å². The Balaban J connectivity index is 1.11. The molecule has 0 unspecified atom stereocenters. The minimum atomic E-state index is -0.145. The van der Waals surface area contributed by atoms with E-state index in [0.717, 1.165) is 16.1 Å². The van der Waals surface area contributed by atoms with Gasteiger partial charge in [-0.15, -0.1) is 11.3 Å². The second kappa shape index (κ2) is 14.4. The number of fused-ring (bicyclic) bond motifs is 6. The highest BCUT2D eigenvalue weighted by Gasteiger charge is 2.36. The van der Waals surface area contributed by atoms with Gasteiger partial charge in [-0.3, -0.25) is 0 Å². The lowest BCUT2D eigenvalue weighted by molar-refractivity contribution is 0.661. The molecular weight excluding hydrogens is 767 g/mol. The number of rotatable bonds is 6. The third kappa shape index (κ3) is 5.94. The van der Waals surface area contributed by atoms with Gasteiger partial charge in [0.25, 0.3) is 0 Å². The van der Waals surface area contributed by atoms with Gasteiger partial charge in [-0.2, -0.15) is 0 Å². The van der Waals surface area contributed by atoms with Crippen molar-refractivity contribution in [3.8, 4) is 77.3 Å². The summed E-state index contributed by atoms with van der Waals surface area (Å²) < 4.78 is 1.21. The Labute approximate surface area is 366 Å². The molecule has 62 heavy (non-hydrogen) atoms. The van der Waals surface area contributed by atoms with E-state index in [1.807, 2.05) is 0 Å². The van der Waals surface area contributed by atoms with Crippen molar-refractivity contribution < 1.29 is 0 Å². The van der Waals surface area contributed by atoms with Gasteiger partial charge in [0.15, 0.2) is 0 Å². The maximum absolute atomic E-state index is 4.95.